The third-order valence-electron chi connectivity index (χ3n) is 5.92. The minimum Gasteiger partial charge on any atom is -0.507 e. The van der Waals surface area contributed by atoms with Crippen LogP contribution in [-0.4, -0.2) is 44.0 Å². The van der Waals surface area contributed by atoms with Crippen molar-refractivity contribution in [3.63, 3.8) is 0 Å². The van der Waals surface area contributed by atoms with Crippen LogP contribution >= 0.6 is 0 Å². The second-order valence-corrected chi connectivity index (χ2v) is 9.84. The molecule has 0 aliphatic carbocycles. The van der Waals surface area contributed by atoms with Gasteiger partial charge in [-0.2, -0.15) is 4.31 Å². The van der Waals surface area contributed by atoms with E-state index in [0.717, 1.165) is 40.6 Å². The molecule has 0 amide bonds. The van der Waals surface area contributed by atoms with E-state index in [1.807, 2.05) is 56.3 Å². The fraction of sp³-hybridized carbons (Fsp3) is 0.304. The smallest absolute Gasteiger partial charge is 0.243 e. The van der Waals surface area contributed by atoms with Crippen LogP contribution in [0, 0.1) is 13.8 Å². The average molecular weight is 412 g/mol. The highest BCUT2D eigenvalue weighted by Gasteiger charge is 2.30. The quantitative estimate of drug-likeness (QED) is 0.692. The number of fused-ring (bicyclic) bond motifs is 1. The summed E-state index contributed by atoms with van der Waals surface area (Å²) in [6, 6.07) is 17.0. The Morgan fingerprint density at radius 2 is 1.59 bits per heavy atom. The minimum atomic E-state index is -3.50. The van der Waals surface area contributed by atoms with Crippen molar-refractivity contribution < 1.29 is 18.4 Å². The van der Waals surface area contributed by atoms with Gasteiger partial charge in [-0.3, -0.25) is 0 Å². The molecule has 0 unspecified atom stereocenters. The van der Waals surface area contributed by atoms with Crippen LogP contribution in [0.2, 0.25) is 0 Å². The number of aromatic hydroxyl groups is 1. The van der Waals surface area contributed by atoms with E-state index in [4.69, 9.17) is 0 Å². The van der Waals surface area contributed by atoms with Crippen LogP contribution in [0.3, 0.4) is 0 Å². The van der Waals surface area contributed by atoms with E-state index in [2.05, 4.69) is 0 Å². The molecule has 0 radical (unpaired) electrons. The molecule has 1 aliphatic heterocycles. The molecule has 6 heteroatoms. The first-order valence-corrected chi connectivity index (χ1v) is 11.4. The zero-order valence-electron chi connectivity index (χ0n) is 16.9. The lowest BCUT2D eigenvalue weighted by atomic mass is 10.0. The molecule has 0 spiro atoms. The van der Waals surface area contributed by atoms with Gasteiger partial charge in [-0.15, -0.1) is 0 Å². The number of hydrogen-bond donors (Lipinski definition) is 2. The number of phenolic OH excluding ortho intramolecular Hbond substituents is 1. The van der Waals surface area contributed by atoms with E-state index in [1.54, 1.807) is 16.4 Å². The van der Waals surface area contributed by atoms with Crippen LogP contribution in [0.15, 0.2) is 59.5 Å². The summed E-state index contributed by atoms with van der Waals surface area (Å²) in [5.41, 5.74) is 3.16. The summed E-state index contributed by atoms with van der Waals surface area (Å²) in [5, 5.41) is 12.2. The number of quaternary nitrogens is 1. The van der Waals surface area contributed by atoms with Gasteiger partial charge in [-0.25, -0.2) is 8.42 Å². The number of hydrogen-bond acceptors (Lipinski definition) is 3. The van der Waals surface area contributed by atoms with Crippen LogP contribution in [0.25, 0.3) is 10.8 Å². The summed E-state index contributed by atoms with van der Waals surface area (Å²) in [7, 11) is -3.50. The summed E-state index contributed by atoms with van der Waals surface area (Å²) < 4.78 is 27.8. The number of phenols is 1. The molecule has 1 saturated heterocycles. The van der Waals surface area contributed by atoms with Crippen molar-refractivity contribution in [1.82, 2.24) is 4.31 Å². The van der Waals surface area contributed by atoms with Crippen LogP contribution in [0.4, 0.5) is 0 Å². The van der Waals surface area contributed by atoms with Gasteiger partial charge in [-0.1, -0.05) is 30.3 Å². The number of aryl methyl sites for hydroxylation is 2. The topological polar surface area (TPSA) is 62.1 Å². The third kappa shape index (κ3) is 4.01. The summed E-state index contributed by atoms with van der Waals surface area (Å²) in [5.74, 6) is 0.326. The maximum absolute atomic E-state index is 13.1. The predicted molar refractivity (Wildman–Crippen MR) is 115 cm³/mol. The largest absolute Gasteiger partial charge is 0.507 e. The standard InChI is InChI=1S/C23H26N2O3S/c1-17-13-21(23(26)14-18(17)2)16-24-9-11-25(12-10-24)29(27,28)22-8-7-19-5-3-4-6-20(19)15-22/h3-8,13-15,26H,9-12,16H2,1-2H3/p+1. The number of sulfonamides is 1. The molecule has 3 aromatic carbocycles. The number of rotatable bonds is 4. The Morgan fingerprint density at radius 3 is 2.31 bits per heavy atom. The molecule has 0 saturated carbocycles. The maximum atomic E-state index is 13.1. The monoisotopic (exact) mass is 411 g/mol. The molecule has 1 heterocycles. The van der Waals surface area contributed by atoms with Gasteiger partial charge in [0, 0.05) is 5.56 Å². The molecule has 0 atom stereocenters. The van der Waals surface area contributed by atoms with Crippen molar-refractivity contribution in [1.29, 1.82) is 0 Å². The summed E-state index contributed by atoms with van der Waals surface area (Å²) >= 11 is 0. The van der Waals surface area contributed by atoms with Gasteiger partial charge in [0.15, 0.2) is 0 Å². The SMILES string of the molecule is Cc1cc(O)c(C[NH+]2CCN(S(=O)(=O)c3ccc4ccccc4c3)CC2)cc1C. The Kier molecular flexibility index (Phi) is 5.34. The molecule has 29 heavy (non-hydrogen) atoms. The van der Waals surface area contributed by atoms with Gasteiger partial charge >= 0.3 is 0 Å². The molecule has 5 nitrogen and oxygen atoms in total. The van der Waals surface area contributed by atoms with Crippen molar-refractivity contribution >= 4 is 20.8 Å². The molecule has 1 aliphatic rings. The highest BCUT2D eigenvalue weighted by atomic mass is 32.2. The van der Waals surface area contributed by atoms with E-state index < -0.39 is 10.0 Å². The van der Waals surface area contributed by atoms with Gasteiger partial charge in [0.25, 0.3) is 0 Å². The first-order chi connectivity index (χ1) is 13.8. The van der Waals surface area contributed by atoms with Crippen LogP contribution in [0.1, 0.15) is 16.7 Å². The van der Waals surface area contributed by atoms with Crippen LogP contribution in [0.5, 0.6) is 5.75 Å². The highest BCUT2D eigenvalue weighted by molar-refractivity contribution is 7.89. The van der Waals surface area contributed by atoms with E-state index in [0.29, 0.717) is 30.3 Å². The number of nitrogens with zero attached hydrogens (tertiary/aromatic N) is 1. The lowest BCUT2D eigenvalue weighted by Crippen LogP contribution is -3.13. The van der Waals surface area contributed by atoms with E-state index in [9.17, 15) is 13.5 Å². The molecule has 0 aromatic heterocycles. The Bertz CT molecular complexity index is 1150. The number of nitrogens with one attached hydrogen (secondary N) is 1. The summed E-state index contributed by atoms with van der Waals surface area (Å²) in [6.45, 7) is 7.14. The highest BCUT2D eigenvalue weighted by Crippen LogP contribution is 2.23. The third-order valence-corrected chi connectivity index (χ3v) is 7.82. The summed E-state index contributed by atoms with van der Waals surface area (Å²) in [4.78, 5) is 1.64. The second-order valence-electron chi connectivity index (χ2n) is 7.90. The lowest BCUT2D eigenvalue weighted by molar-refractivity contribution is -0.917. The Balaban J connectivity index is 1.46. The van der Waals surface area contributed by atoms with Gasteiger partial charge < -0.3 is 10.0 Å². The molecule has 1 fully saturated rings. The fourth-order valence-corrected chi connectivity index (χ4v) is 5.45. The average Bonchev–Trinajstić information content (AvgIpc) is 2.72. The van der Waals surface area contributed by atoms with Crippen molar-refractivity contribution in [2.24, 2.45) is 0 Å². The van der Waals surface area contributed by atoms with Crippen molar-refractivity contribution in [3.05, 3.63) is 71.3 Å². The van der Waals surface area contributed by atoms with Gasteiger partial charge in [-0.05, 0) is 60.0 Å². The Hall–Kier alpha value is -2.41. The minimum absolute atomic E-state index is 0.326. The Morgan fingerprint density at radius 1 is 0.931 bits per heavy atom. The maximum Gasteiger partial charge on any atom is 0.243 e. The van der Waals surface area contributed by atoms with Crippen LogP contribution in [-0.2, 0) is 16.6 Å². The Labute approximate surface area is 172 Å². The van der Waals surface area contributed by atoms with E-state index >= 15 is 0 Å². The van der Waals surface area contributed by atoms with E-state index in [1.165, 1.54) is 4.90 Å². The van der Waals surface area contributed by atoms with Gasteiger partial charge in [0.1, 0.15) is 12.3 Å². The first-order valence-electron chi connectivity index (χ1n) is 9.96. The number of benzene rings is 3. The van der Waals surface area contributed by atoms with Gasteiger partial charge in [0.05, 0.1) is 31.1 Å². The van der Waals surface area contributed by atoms with Crippen molar-refractivity contribution in [2.45, 2.75) is 25.3 Å². The lowest BCUT2D eigenvalue weighted by Gasteiger charge is -2.31. The predicted octanol–water partition coefficient (Wildman–Crippen LogP) is 2.25. The molecule has 0 bridgehead atoms. The molecule has 152 valence electrons. The van der Waals surface area contributed by atoms with E-state index in [-0.39, 0.29) is 0 Å². The number of piperazine rings is 1. The second kappa shape index (κ2) is 7.78. The molecular formula is C23H27N2O3S+. The molecular weight excluding hydrogens is 384 g/mol. The molecule has 4 rings (SSSR count). The van der Waals surface area contributed by atoms with Crippen molar-refractivity contribution in [2.75, 3.05) is 26.2 Å². The normalized spacial score (nSPS) is 16.3. The zero-order chi connectivity index (χ0) is 20.6. The molecule has 2 N–H and O–H groups in total. The molecule has 3 aromatic rings. The summed E-state index contributed by atoms with van der Waals surface area (Å²) in [6.07, 6.45) is 0. The fourth-order valence-electron chi connectivity index (χ4n) is 3.97. The van der Waals surface area contributed by atoms with Crippen LogP contribution < -0.4 is 4.90 Å². The zero-order valence-corrected chi connectivity index (χ0v) is 17.7. The van der Waals surface area contributed by atoms with Gasteiger partial charge in [0.2, 0.25) is 10.0 Å². The first kappa shape index (κ1) is 19.9. The van der Waals surface area contributed by atoms with Crippen molar-refractivity contribution in [3.8, 4) is 5.75 Å².